The molecule has 0 spiro atoms. The molecule has 1 amide bonds. The zero-order valence-electron chi connectivity index (χ0n) is 10.5. The third kappa shape index (κ3) is 2.68. The smallest absolute Gasteiger partial charge is 0.248 e. The number of methoxy groups -OCH3 is 1. The number of nitrogens with zero attached hydrogens (tertiary/aromatic N) is 1. The van der Waals surface area contributed by atoms with Crippen LogP contribution < -0.4 is 0 Å². The highest BCUT2D eigenvalue weighted by atomic mass is 16.5. The Morgan fingerprint density at radius 3 is 2.82 bits per heavy atom. The van der Waals surface area contributed by atoms with Crippen molar-refractivity contribution in [3.8, 4) is 0 Å². The van der Waals surface area contributed by atoms with Gasteiger partial charge in [-0.3, -0.25) is 9.59 Å². The van der Waals surface area contributed by atoms with Crippen molar-refractivity contribution < 1.29 is 14.3 Å². The molecule has 1 saturated heterocycles. The fraction of sp³-hybridized carbons (Fsp3) is 0.846. The lowest BCUT2D eigenvalue weighted by molar-refractivity contribution is -0.141. The predicted molar refractivity (Wildman–Crippen MR) is 63.6 cm³/mol. The van der Waals surface area contributed by atoms with Gasteiger partial charge >= 0.3 is 0 Å². The minimum absolute atomic E-state index is 0.0388. The molecule has 4 nitrogen and oxygen atoms in total. The summed E-state index contributed by atoms with van der Waals surface area (Å²) in [4.78, 5) is 25.7. The van der Waals surface area contributed by atoms with E-state index in [1.54, 1.807) is 0 Å². The maximum atomic E-state index is 12.0. The second kappa shape index (κ2) is 5.63. The maximum absolute atomic E-state index is 12.0. The molecule has 0 N–H and O–H groups in total. The van der Waals surface area contributed by atoms with Gasteiger partial charge in [-0.25, -0.2) is 0 Å². The van der Waals surface area contributed by atoms with E-state index in [0.29, 0.717) is 12.2 Å². The number of likely N-dealkylation sites (tertiary alicyclic amines) is 1. The van der Waals surface area contributed by atoms with Crippen molar-refractivity contribution in [2.75, 3.05) is 20.3 Å². The number of amides is 1. The fourth-order valence-electron chi connectivity index (χ4n) is 3.14. The van der Waals surface area contributed by atoms with Gasteiger partial charge in [0.25, 0.3) is 0 Å². The second-order valence-electron chi connectivity index (χ2n) is 5.05. The molecule has 2 fully saturated rings. The molecule has 0 aromatic heterocycles. The number of Topliss-reactive ketones (excluding diaryl/α,β-unsaturated/α-hetero) is 1. The van der Waals surface area contributed by atoms with Gasteiger partial charge in [-0.05, 0) is 32.1 Å². The summed E-state index contributed by atoms with van der Waals surface area (Å²) in [6, 6.07) is 0.140. The highest BCUT2D eigenvalue weighted by Crippen LogP contribution is 2.32. The van der Waals surface area contributed by atoms with Crippen LogP contribution in [0.25, 0.3) is 0 Å². The van der Waals surface area contributed by atoms with E-state index in [-0.39, 0.29) is 24.5 Å². The Labute approximate surface area is 102 Å². The molecule has 2 unspecified atom stereocenters. The number of rotatable bonds is 3. The van der Waals surface area contributed by atoms with E-state index in [1.165, 1.54) is 7.11 Å². The summed E-state index contributed by atoms with van der Waals surface area (Å²) in [5.74, 6) is 0.486. The Hall–Kier alpha value is -0.900. The summed E-state index contributed by atoms with van der Waals surface area (Å²) in [6.45, 7) is 0.925. The van der Waals surface area contributed by atoms with Crippen LogP contribution in [0.15, 0.2) is 0 Å². The van der Waals surface area contributed by atoms with Crippen molar-refractivity contribution in [3.63, 3.8) is 0 Å². The van der Waals surface area contributed by atoms with E-state index >= 15 is 0 Å². The molecule has 17 heavy (non-hydrogen) atoms. The van der Waals surface area contributed by atoms with Crippen LogP contribution in [0.5, 0.6) is 0 Å². The summed E-state index contributed by atoms with van der Waals surface area (Å²) in [7, 11) is 1.54. The Morgan fingerprint density at radius 1 is 1.35 bits per heavy atom. The zero-order chi connectivity index (χ0) is 12.3. The molecule has 1 aliphatic carbocycles. The van der Waals surface area contributed by atoms with Crippen molar-refractivity contribution >= 4 is 11.7 Å². The van der Waals surface area contributed by atoms with Crippen molar-refractivity contribution in [1.82, 2.24) is 4.90 Å². The number of carbonyl (C=O) groups excluding carboxylic acids is 2. The van der Waals surface area contributed by atoms with Gasteiger partial charge in [-0.2, -0.15) is 0 Å². The second-order valence-corrected chi connectivity index (χ2v) is 5.05. The van der Waals surface area contributed by atoms with Crippen LogP contribution in [0.2, 0.25) is 0 Å². The Bertz CT molecular complexity index is 303. The zero-order valence-corrected chi connectivity index (χ0v) is 10.5. The third-order valence-corrected chi connectivity index (χ3v) is 3.95. The van der Waals surface area contributed by atoms with Crippen LogP contribution in [0, 0.1) is 5.92 Å². The van der Waals surface area contributed by atoms with Crippen molar-refractivity contribution in [3.05, 3.63) is 0 Å². The lowest BCUT2D eigenvalue weighted by atomic mass is 9.88. The third-order valence-electron chi connectivity index (χ3n) is 3.95. The largest absolute Gasteiger partial charge is 0.375 e. The molecular weight excluding hydrogens is 218 g/mol. The van der Waals surface area contributed by atoms with Gasteiger partial charge in [-0.1, -0.05) is 0 Å². The molecule has 2 atom stereocenters. The monoisotopic (exact) mass is 239 g/mol. The molecule has 1 aliphatic heterocycles. The molecule has 0 aromatic rings. The first-order valence-electron chi connectivity index (χ1n) is 6.55. The summed E-state index contributed by atoms with van der Waals surface area (Å²) in [6.07, 6.45) is 5.81. The van der Waals surface area contributed by atoms with Crippen molar-refractivity contribution in [2.24, 2.45) is 5.92 Å². The first-order valence-corrected chi connectivity index (χ1v) is 6.55. The molecule has 96 valence electrons. The van der Waals surface area contributed by atoms with E-state index in [4.69, 9.17) is 4.74 Å². The molecule has 0 radical (unpaired) electrons. The SMILES string of the molecule is COCC(=O)N1CCCCC1C1CCCC1=O. The number of hydrogen-bond acceptors (Lipinski definition) is 3. The number of carbonyl (C=O) groups is 2. The first kappa shape index (κ1) is 12.6. The first-order chi connectivity index (χ1) is 8.24. The van der Waals surface area contributed by atoms with E-state index in [2.05, 4.69) is 0 Å². The van der Waals surface area contributed by atoms with Crippen molar-refractivity contribution in [2.45, 2.75) is 44.6 Å². The normalized spacial score (nSPS) is 29.7. The van der Waals surface area contributed by atoms with Crippen LogP contribution in [-0.4, -0.2) is 42.9 Å². The average molecular weight is 239 g/mol. The van der Waals surface area contributed by atoms with Crippen LogP contribution >= 0.6 is 0 Å². The van der Waals surface area contributed by atoms with Gasteiger partial charge in [-0.15, -0.1) is 0 Å². The minimum Gasteiger partial charge on any atom is -0.375 e. The molecule has 2 aliphatic rings. The van der Waals surface area contributed by atoms with Gasteiger partial charge < -0.3 is 9.64 Å². The predicted octanol–water partition coefficient (Wildman–Crippen LogP) is 1.38. The Balaban J connectivity index is 2.06. The Kier molecular flexibility index (Phi) is 4.15. The molecule has 0 bridgehead atoms. The van der Waals surface area contributed by atoms with E-state index < -0.39 is 0 Å². The summed E-state index contributed by atoms with van der Waals surface area (Å²) in [5.41, 5.74) is 0. The molecule has 1 heterocycles. The highest BCUT2D eigenvalue weighted by Gasteiger charge is 2.38. The van der Waals surface area contributed by atoms with E-state index in [9.17, 15) is 9.59 Å². The quantitative estimate of drug-likeness (QED) is 0.747. The maximum Gasteiger partial charge on any atom is 0.248 e. The molecule has 1 saturated carbocycles. The average Bonchev–Trinajstić information content (AvgIpc) is 2.76. The van der Waals surface area contributed by atoms with Crippen LogP contribution in [0.1, 0.15) is 38.5 Å². The van der Waals surface area contributed by atoms with Gasteiger partial charge in [0.05, 0.1) is 0 Å². The van der Waals surface area contributed by atoms with Crippen LogP contribution in [-0.2, 0) is 14.3 Å². The molecule has 4 heteroatoms. The van der Waals surface area contributed by atoms with Gasteiger partial charge in [0.2, 0.25) is 5.91 Å². The number of piperidine rings is 1. The summed E-state index contributed by atoms with van der Waals surface area (Å²) < 4.78 is 4.92. The molecular formula is C13H21NO3. The standard InChI is InChI=1S/C13H21NO3/c1-17-9-13(16)14-8-3-2-6-11(14)10-5-4-7-12(10)15/h10-11H,2-9H2,1H3. The topological polar surface area (TPSA) is 46.6 Å². The summed E-state index contributed by atoms with van der Waals surface area (Å²) in [5, 5.41) is 0. The summed E-state index contributed by atoms with van der Waals surface area (Å²) >= 11 is 0. The van der Waals surface area contributed by atoms with E-state index in [0.717, 1.165) is 38.6 Å². The fourth-order valence-corrected chi connectivity index (χ4v) is 3.14. The lowest BCUT2D eigenvalue weighted by Gasteiger charge is -2.38. The lowest BCUT2D eigenvalue weighted by Crippen LogP contribution is -2.49. The Morgan fingerprint density at radius 2 is 2.18 bits per heavy atom. The van der Waals surface area contributed by atoms with Crippen LogP contribution in [0.4, 0.5) is 0 Å². The highest BCUT2D eigenvalue weighted by molar-refractivity contribution is 5.85. The minimum atomic E-state index is 0.0388. The van der Waals surface area contributed by atoms with Gasteiger partial charge in [0.15, 0.2) is 0 Å². The number of ketones is 1. The number of hydrogen-bond donors (Lipinski definition) is 0. The van der Waals surface area contributed by atoms with Gasteiger partial charge in [0.1, 0.15) is 12.4 Å². The molecule has 0 aromatic carbocycles. The van der Waals surface area contributed by atoms with Crippen LogP contribution in [0.3, 0.4) is 0 Å². The molecule has 2 rings (SSSR count). The van der Waals surface area contributed by atoms with Gasteiger partial charge in [0, 0.05) is 32.0 Å². The van der Waals surface area contributed by atoms with Crippen molar-refractivity contribution in [1.29, 1.82) is 0 Å². The number of ether oxygens (including phenoxy) is 1. The van der Waals surface area contributed by atoms with E-state index in [1.807, 2.05) is 4.90 Å².